The van der Waals surface area contributed by atoms with Crippen LogP contribution in [0.15, 0.2) is 24.3 Å². The lowest BCUT2D eigenvalue weighted by molar-refractivity contribution is -0.132. The van der Waals surface area contributed by atoms with Crippen LogP contribution in [-0.4, -0.2) is 11.0 Å². The number of nitrogens with zero attached hydrogens (tertiary/aromatic N) is 1. The summed E-state index contributed by atoms with van der Waals surface area (Å²) in [5, 5.41) is 0.886. The summed E-state index contributed by atoms with van der Waals surface area (Å²) < 4.78 is 5.11. The predicted molar refractivity (Wildman–Crippen MR) is 68.3 cm³/mol. The van der Waals surface area contributed by atoms with Gasteiger partial charge in [0.25, 0.3) is 0 Å². The normalized spacial score (nSPS) is 10.3. The summed E-state index contributed by atoms with van der Waals surface area (Å²) >= 11 is 1.53. The number of hydrogen-bond donors (Lipinski definition) is 0. The quantitative estimate of drug-likeness (QED) is 0.764. The molecule has 0 aliphatic rings. The first-order valence-corrected chi connectivity index (χ1v) is 6.11. The van der Waals surface area contributed by atoms with Gasteiger partial charge in [0.1, 0.15) is 0 Å². The van der Waals surface area contributed by atoms with Gasteiger partial charge >= 0.3 is 5.97 Å². The zero-order valence-electron chi connectivity index (χ0n) is 9.98. The van der Waals surface area contributed by atoms with E-state index < -0.39 is 0 Å². The molecule has 17 heavy (non-hydrogen) atoms. The largest absolute Gasteiger partial charge is 0.406 e. The number of esters is 1. The summed E-state index contributed by atoms with van der Waals surface area (Å²) in [6, 6.07) is 8.08. The molecule has 0 N–H and O–H groups in total. The summed E-state index contributed by atoms with van der Waals surface area (Å²) in [6.07, 6.45) is 0. The summed E-state index contributed by atoms with van der Waals surface area (Å²) in [7, 11) is 0. The van der Waals surface area contributed by atoms with Crippen LogP contribution in [0.25, 0.3) is 10.4 Å². The fourth-order valence-corrected chi connectivity index (χ4v) is 2.35. The van der Waals surface area contributed by atoms with Crippen LogP contribution in [0.2, 0.25) is 0 Å². The Morgan fingerprint density at radius 1 is 1.24 bits per heavy atom. The number of rotatable bonds is 2. The van der Waals surface area contributed by atoms with E-state index in [4.69, 9.17) is 4.74 Å². The Bertz CT molecular complexity index is 543. The highest BCUT2D eigenvalue weighted by molar-refractivity contribution is 7.15. The van der Waals surface area contributed by atoms with Crippen LogP contribution in [0, 0.1) is 13.8 Å². The maximum atomic E-state index is 11.0. The maximum Gasteiger partial charge on any atom is 0.309 e. The van der Waals surface area contributed by atoms with Gasteiger partial charge in [-0.3, -0.25) is 4.79 Å². The molecule has 4 heteroatoms. The molecule has 0 saturated heterocycles. The second-order valence-corrected chi connectivity index (χ2v) is 5.03. The molecular formula is C13H13NO2S. The van der Waals surface area contributed by atoms with Crippen LogP contribution in [0.3, 0.4) is 0 Å². The fraction of sp³-hybridized carbons (Fsp3) is 0.231. The van der Waals surface area contributed by atoms with Crippen molar-refractivity contribution < 1.29 is 9.53 Å². The molecule has 0 amide bonds. The lowest BCUT2D eigenvalue weighted by atomic mass is 10.1. The number of aromatic nitrogens is 1. The van der Waals surface area contributed by atoms with Crippen molar-refractivity contribution >= 4 is 17.3 Å². The zero-order valence-corrected chi connectivity index (χ0v) is 10.8. The Morgan fingerprint density at radius 3 is 2.47 bits per heavy atom. The number of carbonyl (C=O) groups excluding carboxylic acids is 1. The Morgan fingerprint density at radius 2 is 1.88 bits per heavy atom. The lowest BCUT2D eigenvalue weighted by Gasteiger charge is -2.02. The minimum Gasteiger partial charge on any atom is -0.406 e. The smallest absolute Gasteiger partial charge is 0.309 e. The first kappa shape index (κ1) is 11.8. The third-order valence-electron chi connectivity index (χ3n) is 2.26. The Labute approximate surface area is 104 Å². The highest BCUT2D eigenvalue weighted by atomic mass is 32.1. The molecule has 0 bridgehead atoms. The molecule has 0 atom stereocenters. The molecular weight excluding hydrogens is 234 g/mol. The number of aryl methyl sites for hydroxylation is 2. The van der Waals surface area contributed by atoms with Crippen LogP contribution in [-0.2, 0) is 4.79 Å². The summed E-state index contributed by atoms with van der Waals surface area (Å²) in [5.74, 6) is 0.0625. The van der Waals surface area contributed by atoms with Gasteiger partial charge in [-0.15, -0.1) is 11.3 Å². The molecule has 0 fully saturated rings. The van der Waals surface area contributed by atoms with Crippen LogP contribution in [0.1, 0.15) is 17.5 Å². The molecule has 2 rings (SSSR count). The topological polar surface area (TPSA) is 39.2 Å². The average Bonchev–Trinajstić information content (AvgIpc) is 2.59. The Kier molecular flexibility index (Phi) is 3.24. The minimum absolute atomic E-state index is 0.344. The third kappa shape index (κ3) is 2.71. The van der Waals surface area contributed by atoms with Gasteiger partial charge in [-0.2, -0.15) is 0 Å². The molecule has 0 saturated carbocycles. The molecule has 0 unspecified atom stereocenters. The Hall–Kier alpha value is -1.68. The van der Waals surface area contributed by atoms with Crippen molar-refractivity contribution in [1.29, 1.82) is 0 Å². The molecule has 3 nitrogen and oxygen atoms in total. The molecule has 0 aliphatic carbocycles. The minimum atomic E-state index is -0.344. The van der Waals surface area contributed by atoms with Crippen LogP contribution in [0.5, 0.6) is 5.88 Å². The van der Waals surface area contributed by atoms with Gasteiger partial charge in [0.15, 0.2) is 0 Å². The van der Waals surface area contributed by atoms with Gasteiger partial charge in [0.2, 0.25) is 5.88 Å². The zero-order chi connectivity index (χ0) is 12.4. The van der Waals surface area contributed by atoms with Crippen molar-refractivity contribution in [1.82, 2.24) is 4.98 Å². The first-order chi connectivity index (χ1) is 8.06. The molecule has 0 aliphatic heterocycles. The van der Waals surface area contributed by atoms with Crippen molar-refractivity contribution in [3.05, 3.63) is 34.8 Å². The van der Waals surface area contributed by atoms with E-state index >= 15 is 0 Å². The number of thiazole rings is 1. The standard InChI is InChI=1S/C13H13NO2S/c1-8-4-6-11(7-5-8)12-13(16-10(3)15)14-9(2)17-12/h4-7H,1-3H3. The van der Waals surface area contributed by atoms with Crippen molar-refractivity contribution in [2.45, 2.75) is 20.8 Å². The van der Waals surface area contributed by atoms with Gasteiger partial charge in [-0.25, -0.2) is 4.98 Å². The van der Waals surface area contributed by atoms with E-state index in [1.54, 1.807) is 0 Å². The first-order valence-electron chi connectivity index (χ1n) is 5.29. The van der Waals surface area contributed by atoms with Gasteiger partial charge in [0.05, 0.1) is 9.88 Å². The average molecular weight is 247 g/mol. The molecule has 2 aromatic rings. The predicted octanol–water partition coefficient (Wildman–Crippen LogP) is 3.35. The summed E-state index contributed by atoms with van der Waals surface area (Å²) in [5.41, 5.74) is 2.22. The number of carbonyl (C=O) groups is 1. The third-order valence-corrected chi connectivity index (χ3v) is 3.26. The highest BCUT2D eigenvalue weighted by Gasteiger charge is 2.14. The van der Waals surface area contributed by atoms with Crippen LogP contribution in [0.4, 0.5) is 0 Å². The van der Waals surface area contributed by atoms with Crippen molar-refractivity contribution in [2.24, 2.45) is 0 Å². The van der Waals surface area contributed by atoms with Gasteiger partial charge < -0.3 is 4.74 Å². The SMILES string of the molecule is CC(=O)Oc1nc(C)sc1-c1ccc(C)cc1. The van der Waals surface area contributed by atoms with E-state index in [-0.39, 0.29) is 5.97 Å². The summed E-state index contributed by atoms with van der Waals surface area (Å²) in [4.78, 5) is 16.1. The second kappa shape index (κ2) is 4.67. The van der Waals surface area contributed by atoms with Gasteiger partial charge in [0, 0.05) is 6.92 Å². The van der Waals surface area contributed by atoms with Crippen LogP contribution < -0.4 is 4.74 Å². The second-order valence-electron chi connectivity index (χ2n) is 3.83. The van der Waals surface area contributed by atoms with Crippen LogP contribution >= 0.6 is 11.3 Å². The number of hydrogen-bond acceptors (Lipinski definition) is 4. The van der Waals surface area contributed by atoms with Gasteiger partial charge in [-0.05, 0) is 19.4 Å². The number of ether oxygens (including phenoxy) is 1. The highest BCUT2D eigenvalue weighted by Crippen LogP contribution is 2.35. The molecule has 1 aromatic carbocycles. The van der Waals surface area contributed by atoms with Gasteiger partial charge in [-0.1, -0.05) is 29.8 Å². The molecule has 1 heterocycles. The molecule has 88 valence electrons. The van der Waals surface area contributed by atoms with E-state index in [0.717, 1.165) is 15.4 Å². The van der Waals surface area contributed by atoms with Crippen molar-refractivity contribution in [2.75, 3.05) is 0 Å². The van der Waals surface area contributed by atoms with E-state index in [2.05, 4.69) is 4.98 Å². The van der Waals surface area contributed by atoms with E-state index in [1.165, 1.54) is 23.8 Å². The van der Waals surface area contributed by atoms with Crippen molar-refractivity contribution in [3.63, 3.8) is 0 Å². The molecule has 0 spiro atoms. The van der Waals surface area contributed by atoms with E-state index in [1.807, 2.05) is 38.1 Å². The van der Waals surface area contributed by atoms with Crippen molar-refractivity contribution in [3.8, 4) is 16.3 Å². The van der Waals surface area contributed by atoms with E-state index in [9.17, 15) is 4.79 Å². The number of benzene rings is 1. The Balaban J connectivity index is 2.43. The summed E-state index contributed by atoms with van der Waals surface area (Å²) in [6.45, 7) is 5.32. The monoisotopic (exact) mass is 247 g/mol. The maximum absolute atomic E-state index is 11.0. The van der Waals surface area contributed by atoms with E-state index in [0.29, 0.717) is 5.88 Å². The fourth-order valence-electron chi connectivity index (χ4n) is 1.50. The molecule has 1 aromatic heterocycles. The molecule has 0 radical (unpaired) electrons. The lowest BCUT2D eigenvalue weighted by Crippen LogP contribution is -2.02.